The third-order valence-electron chi connectivity index (χ3n) is 1.02. The Labute approximate surface area is 69.4 Å². The van der Waals surface area contributed by atoms with Crippen LogP contribution in [0, 0.1) is 5.41 Å². The van der Waals surface area contributed by atoms with Crippen LogP contribution in [0.15, 0.2) is 0 Å². The van der Waals surface area contributed by atoms with E-state index in [9.17, 15) is 4.79 Å². The van der Waals surface area contributed by atoms with Gasteiger partial charge in [-0.25, -0.2) is 0 Å². The summed E-state index contributed by atoms with van der Waals surface area (Å²) in [6, 6.07) is -0.516. The molecule has 0 aromatic rings. The average molecular weight is 161 g/mol. The Balaban J connectivity index is 0. The third-order valence-corrected chi connectivity index (χ3v) is 1.02. The third kappa shape index (κ3) is 5.85. The van der Waals surface area contributed by atoms with Crippen molar-refractivity contribution in [2.75, 3.05) is 6.61 Å². The molecule has 2 N–H and O–H groups in total. The van der Waals surface area contributed by atoms with Gasteiger partial charge in [-0.05, 0) is 12.3 Å². The second-order valence-corrected chi connectivity index (χ2v) is 3.96. The number of hydrogen-bond donors (Lipinski definition) is 1. The molecule has 3 nitrogen and oxygen atoms in total. The molecule has 0 spiro atoms. The van der Waals surface area contributed by atoms with Crippen LogP contribution in [0.3, 0.4) is 0 Å². The molecule has 0 saturated heterocycles. The summed E-state index contributed by atoms with van der Waals surface area (Å²) in [6.07, 6.45) is 0. The van der Waals surface area contributed by atoms with Crippen molar-refractivity contribution in [2.24, 2.45) is 11.1 Å². The van der Waals surface area contributed by atoms with Gasteiger partial charge in [0, 0.05) is 1.43 Å². The summed E-state index contributed by atoms with van der Waals surface area (Å²) >= 11 is 0. The standard InChI is InChI=1S/C8H17NO2.H2/c1-6(9)7(10)11-5-8(2,3)4;/h6H,5,9H2,1-4H3;1H/t6-;/m0./s1. The fourth-order valence-corrected chi connectivity index (χ4v) is 0.419. The van der Waals surface area contributed by atoms with Crippen LogP contribution in [-0.2, 0) is 9.53 Å². The molecule has 3 heteroatoms. The average Bonchev–Trinajstić information content (AvgIpc) is 1.80. The van der Waals surface area contributed by atoms with Gasteiger partial charge in [-0.3, -0.25) is 4.79 Å². The SMILES string of the molecule is C[C@H](N)C(=O)OCC(C)(C)C.[HH]. The zero-order valence-corrected chi connectivity index (χ0v) is 7.68. The quantitative estimate of drug-likeness (QED) is 0.618. The maximum absolute atomic E-state index is 10.8. The van der Waals surface area contributed by atoms with Crippen molar-refractivity contribution in [2.45, 2.75) is 33.7 Å². The summed E-state index contributed by atoms with van der Waals surface area (Å²) < 4.78 is 4.90. The highest BCUT2D eigenvalue weighted by Gasteiger charge is 2.15. The molecule has 0 aromatic heterocycles. The number of esters is 1. The molecule has 0 bridgehead atoms. The Morgan fingerprint density at radius 3 is 2.36 bits per heavy atom. The number of hydrogen-bond acceptors (Lipinski definition) is 3. The first-order chi connectivity index (χ1) is 4.83. The summed E-state index contributed by atoms with van der Waals surface area (Å²) in [5.74, 6) is -0.333. The highest BCUT2D eigenvalue weighted by atomic mass is 16.5. The molecule has 68 valence electrons. The normalized spacial score (nSPS) is 14.3. The van der Waals surface area contributed by atoms with Crippen LogP contribution in [0.2, 0.25) is 0 Å². The van der Waals surface area contributed by atoms with E-state index in [1.165, 1.54) is 0 Å². The summed E-state index contributed by atoms with van der Waals surface area (Å²) in [6.45, 7) is 8.04. The Hall–Kier alpha value is -0.570. The molecular weight excluding hydrogens is 142 g/mol. The van der Waals surface area contributed by atoms with Crippen LogP contribution < -0.4 is 5.73 Å². The van der Waals surface area contributed by atoms with Crippen molar-refractivity contribution in [3.63, 3.8) is 0 Å². The van der Waals surface area contributed by atoms with E-state index in [1.807, 2.05) is 20.8 Å². The fourth-order valence-electron chi connectivity index (χ4n) is 0.419. The van der Waals surface area contributed by atoms with E-state index in [0.29, 0.717) is 6.61 Å². The van der Waals surface area contributed by atoms with Gasteiger partial charge in [0.05, 0.1) is 6.61 Å². The minimum atomic E-state index is -0.516. The molecule has 0 rings (SSSR count). The van der Waals surface area contributed by atoms with E-state index >= 15 is 0 Å². The van der Waals surface area contributed by atoms with Gasteiger partial charge in [0.15, 0.2) is 0 Å². The van der Waals surface area contributed by atoms with Crippen LogP contribution in [0.5, 0.6) is 0 Å². The lowest BCUT2D eigenvalue weighted by atomic mass is 9.99. The maximum atomic E-state index is 10.8. The molecule has 0 heterocycles. The number of carbonyl (C=O) groups excluding carboxylic acids is 1. The van der Waals surface area contributed by atoms with Crippen LogP contribution in [0.4, 0.5) is 0 Å². The van der Waals surface area contributed by atoms with Crippen molar-refractivity contribution in [1.82, 2.24) is 0 Å². The Kier molecular flexibility index (Phi) is 3.52. The molecule has 0 aliphatic rings. The number of rotatable bonds is 2. The molecular formula is C8H19NO2. The predicted molar refractivity (Wildman–Crippen MR) is 46.2 cm³/mol. The molecule has 11 heavy (non-hydrogen) atoms. The molecule has 0 amide bonds. The van der Waals surface area contributed by atoms with E-state index in [1.54, 1.807) is 6.92 Å². The van der Waals surface area contributed by atoms with Crippen molar-refractivity contribution in [1.29, 1.82) is 0 Å². The number of carbonyl (C=O) groups is 1. The first kappa shape index (κ1) is 10.4. The van der Waals surface area contributed by atoms with Crippen LogP contribution >= 0.6 is 0 Å². The highest BCUT2D eigenvalue weighted by molar-refractivity contribution is 5.74. The van der Waals surface area contributed by atoms with Crippen molar-refractivity contribution >= 4 is 5.97 Å². The highest BCUT2D eigenvalue weighted by Crippen LogP contribution is 2.12. The van der Waals surface area contributed by atoms with Crippen LogP contribution in [0.25, 0.3) is 0 Å². The first-order valence-electron chi connectivity index (χ1n) is 3.75. The lowest BCUT2D eigenvalue weighted by Gasteiger charge is -2.18. The predicted octanol–water partition coefficient (Wildman–Crippen LogP) is 1.17. The second kappa shape index (κ2) is 3.72. The van der Waals surface area contributed by atoms with E-state index in [-0.39, 0.29) is 12.8 Å². The lowest BCUT2D eigenvalue weighted by Crippen LogP contribution is -2.31. The lowest BCUT2D eigenvalue weighted by molar-refractivity contribution is -0.147. The monoisotopic (exact) mass is 161 g/mol. The molecule has 1 atom stereocenters. The molecule has 0 radical (unpaired) electrons. The van der Waals surface area contributed by atoms with Gasteiger partial charge in [0.1, 0.15) is 6.04 Å². The van der Waals surface area contributed by atoms with Crippen LogP contribution in [0.1, 0.15) is 29.1 Å². The van der Waals surface area contributed by atoms with Crippen molar-refractivity contribution in [3.05, 3.63) is 0 Å². The molecule has 0 fully saturated rings. The van der Waals surface area contributed by atoms with Gasteiger partial charge in [0.2, 0.25) is 0 Å². The van der Waals surface area contributed by atoms with Crippen molar-refractivity contribution < 1.29 is 11.0 Å². The Morgan fingerprint density at radius 2 is 2.09 bits per heavy atom. The van der Waals surface area contributed by atoms with Gasteiger partial charge in [-0.15, -0.1) is 0 Å². The molecule has 0 aliphatic carbocycles. The Bertz CT molecular complexity index is 140. The maximum Gasteiger partial charge on any atom is 0.322 e. The smallest absolute Gasteiger partial charge is 0.322 e. The summed E-state index contributed by atoms with van der Waals surface area (Å²) in [5.41, 5.74) is 5.31. The Morgan fingerprint density at radius 1 is 1.64 bits per heavy atom. The molecule has 0 unspecified atom stereocenters. The van der Waals surface area contributed by atoms with Gasteiger partial charge >= 0.3 is 5.97 Å². The van der Waals surface area contributed by atoms with E-state index in [2.05, 4.69) is 0 Å². The zero-order valence-electron chi connectivity index (χ0n) is 7.68. The molecule has 0 saturated carbocycles. The minimum absolute atomic E-state index is 0. The second-order valence-electron chi connectivity index (χ2n) is 3.96. The molecule has 0 aromatic carbocycles. The summed E-state index contributed by atoms with van der Waals surface area (Å²) in [4.78, 5) is 10.8. The van der Waals surface area contributed by atoms with E-state index < -0.39 is 6.04 Å². The van der Waals surface area contributed by atoms with E-state index in [0.717, 1.165) is 0 Å². The first-order valence-corrected chi connectivity index (χ1v) is 3.75. The summed E-state index contributed by atoms with van der Waals surface area (Å²) in [7, 11) is 0. The summed E-state index contributed by atoms with van der Waals surface area (Å²) in [5, 5.41) is 0. The zero-order chi connectivity index (χ0) is 9.07. The largest absolute Gasteiger partial charge is 0.464 e. The fraction of sp³-hybridized carbons (Fsp3) is 0.875. The van der Waals surface area contributed by atoms with Gasteiger partial charge < -0.3 is 10.5 Å². The van der Waals surface area contributed by atoms with Crippen molar-refractivity contribution in [3.8, 4) is 0 Å². The van der Waals surface area contributed by atoms with E-state index in [4.69, 9.17) is 10.5 Å². The number of ether oxygens (including phenoxy) is 1. The number of nitrogens with two attached hydrogens (primary N) is 1. The van der Waals surface area contributed by atoms with Gasteiger partial charge in [0.25, 0.3) is 0 Å². The minimum Gasteiger partial charge on any atom is -0.464 e. The topological polar surface area (TPSA) is 52.3 Å². The molecule has 0 aliphatic heterocycles. The van der Waals surface area contributed by atoms with Gasteiger partial charge in [-0.1, -0.05) is 20.8 Å². The van der Waals surface area contributed by atoms with Crippen LogP contribution in [-0.4, -0.2) is 18.6 Å². The van der Waals surface area contributed by atoms with Gasteiger partial charge in [-0.2, -0.15) is 0 Å².